The molecule has 0 bridgehead atoms. The van der Waals surface area contributed by atoms with Crippen molar-refractivity contribution in [2.45, 2.75) is 26.2 Å². The van der Waals surface area contributed by atoms with Gasteiger partial charge in [-0.1, -0.05) is 29.8 Å². The molecule has 0 spiro atoms. The van der Waals surface area contributed by atoms with E-state index in [1.54, 1.807) is 6.92 Å². The molecule has 0 amide bonds. The monoisotopic (exact) mass is 232 g/mol. The number of Topliss-reactive ketones (excluding diaryl/α,β-unsaturated/α-hetero) is 1. The van der Waals surface area contributed by atoms with Crippen LogP contribution in [0.5, 0.6) is 0 Å². The van der Waals surface area contributed by atoms with Gasteiger partial charge in [-0.25, -0.2) is 4.79 Å². The normalized spacial score (nSPS) is 22.0. The number of esters is 1. The van der Waals surface area contributed by atoms with Crippen molar-refractivity contribution in [2.75, 3.05) is 6.61 Å². The second-order valence-electron chi connectivity index (χ2n) is 4.44. The molecule has 1 aliphatic carbocycles. The average molecular weight is 232 g/mol. The van der Waals surface area contributed by atoms with Gasteiger partial charge in [0.25, 0.3) is 0 Å². The number of aryl methyl sites for hydroxylation is 1. The molecule has 0 heterocycles. The maximum atomic E-state index is 11.7. The van der Waals surface area contributed by atoms with Crippen LogP contribution < -0.4 is 0 Å². The van der Waals surface area contributed by atoms with Gasteiger partial charge in [-0.05, 0) is 31.7 Å². The van der Waals surface area contributed by atoms with E-state index in [1.807, 2.05) is 31.2 Å². The summed E-state index contributed by atoms with van der Waals surface area (Å²) >= 11 is 0. The quantitative estimate of drug-likeness (QED) is 0.590. The number of ether oxygens (including phenoxy) is 1. The third-order valence-electron chi connectivity index (χ3n) is 3.11. The molecule has 0 aliphatic heterocycles. The molecule has 1 aliphatic rings. The lowest BCUT2D eigenvalue weighted by Crippen LogP contribution is -2.19. The van der Waals surface area contributed by atoms with E-state index in [0.717, 1.165) is 12.0 Å². The van der Waals surface area contributed by atoms with Gasteiger partial charge in [0.05, 0.1) is 6.61 Å². The summed E-state index contributed by atoms with van der Waals surface area (Å²) in [6.45, 7) is 3.99. The van der Waals surface area contributed by atoms with E-state index < -0.39 is 5.97 Å². The second kappa shape index (κ2) is 4.70. The van der Waals surface area contributed by atoms with E-state index in [-0.39, 0.29) is 24.2 Å². The molecule has 0 radical (unpaired) electrons. The fourth-order valence-electron chi connectivity index (χ4n) is 2.02. The molecule has 1 fully saturated rings. The Balaban J connectivity index is 1.98. The standard InChI is InChI=1S/C14H16O3/c1-3-17-14(16)13(15)12-8-11(12)10-6-4-9(2)5-7-10/h4-7,11-12H,3,8H2,1-2H3/t11-,12?/m0/s1. The van der Waals surface area contributed by atoms with Crippen LogP contribution in [-0.4, -0.2) is 18.4 Å². The minimum atomic E-state index is -0.688. The van der Waals surface area contributed by atoms with E-state index >= 15 is 0 Å². The lowest BCUT2D eigenvalue weighted by atomic mass is 10.1. The largest absolute Gasteiger partial charge is 0.460 e. The Bertz CT molecular complexity index is 433. The van der Waals surface area contributed by atoms with Crippen LogP contribution in [-0.2, 0) is 14.3 Å². The van der Waals surface area contributed by atoms with E-state index in [2.05, 4.69) is 0 Å². The van der Waals surface area contributed by atoms with E-state index in [9.17, 15) is 9.59 Å². The lowest BCUT2D eigenvalue weighted by molar-refractivity contribution is -0.154. The summed E-state index contributed by atoms with van der Waals surface area (Å²) in [5.74, 6) is -1.03. The molecule has 0 aromatic heterocycles. The summed E-state index contributed by atoms with van der Waals surface area (Å²) < 4.78 is 4.72. The van der Waals surface area contributed by atoms with Gasteiger partial charge in [0.2, 0.25) is 5.78 Å². The van der Waals surface area contributed by atoms with Crippen molar-refractivity contribution in [3.05, 3.63) is 35.4 Å². The summed E-state index contributed by atoms with van der Waals surface area (Å²) in [6.07, 6.45) is 0.765. The van der Waals surface area contributed by atoms with Gasteiger partial charge in [-0.15, -0.1) is 0 Å². The molecule has 3 heteroatoms. The molecule has 1 aromatic rings. The first-order chi connectivity index (χ1) is 8.13. The minimum absolute atomic E-state index is 0.170. The first kappa shape index (κ1) is 11.8. The van der Waals surface area contributed by atoms with Gasteiger partial charge < -0.3 is 4.74 Å². The van der Waals surface area contributed by atoms with Crippen molar-refractivity contribution in [2.24, 2.45) is 5.92 Å². The van der Waals surface area contributed by atoms with Crippen LogP contribution in [0.15, 0.2) is 24.3 Å². The molecule has 90 valence electrons. The summed E-state index contributed by atoms with van der Waals surface area (Å²) in [6, 6.07) is 8.11. The minimum Gasteiger partial charge on any atom is -0.460 e. The predicted octanol–water partition coefficient (Wildman–Crippen LogP) is 2.23. The van der Waals surface area contributed by atoms with Crippen LogP contribution >= 0.6 is 0 Å². The van der Waals surface area contributed by atoms with Crippen LogP contribution in [0.4, 0.5) is 0 Å². The number of rotatable bonds is 4. The lowest BCUT2D eigenvalue weighted by Gasteiger charge is -2.01. The van der Waals surface area contributed by atoms with Gasteiger partial charge in [-0.2, -0.15) is 0 Å². The van der Waals surface area contributed by atoms with Gasteiger partial charge in [0.15, 0.2) is 0 Å². The molecule has 0 saturated heterocycles. The van der Waals surface area contributed by atoms with Gasteiger partial charge in [0.1, 0.15) is 0 Å². The number of carbonyl (C=O) groups is 2. The average Bonchev–Trinajstić information content (AvgIpc) is 3.09. The number of benzene rings is 1. The molecule has 2 rings (SSSR count). The summed E-state index contributed by atoms with van der Waals surface area (Å²) in [4.78, 5) is 23.0. The first-order valence-electron chi connectivity index (χ1n) is 5.91. The van der Waals surface area contributed by atoms with Crippen LogP contribution in [0, 0.1) is 12.8 Å². The Morgan fingerprint density at radius 1 is 1.29 bits per heavy atom. The SMILES string of the molecule is CCOC(=O)C(=O)C1C[C@H]1c1ccc(C)cc1. The highest BCUT2D eigenvalue weighted by Crippen LogP contribution is 2.48. The summed E-state index contributed by atoms with van der Waals surface area (Å²) in [5.41, 5.74) is 2.33. The first-order valence-corrected chi connectivity index (χ1v) is 5.91. The molecule has 17 heavy (non-hydrogen) atoms. The van der Waals surface area contributed by atoms with Gasteiger partial charge >= 0.3 is 5.97 Å². The smallest absolute Gasteiger partial charge is 0.374 e. The fourth-order valence-corrected chi connectivity index (χ4v) is 2.02. The Labute approximate surface area is 101 Å². The third kappa shape index (κ3) is 2.54. The Morgan fingerprint density at radius 3 is 2.53 bits per heavy atom. The van der Waals surface area contributed by atoms with E-state index in [1.165, 1.54) is 5.56 Å². The third-order valence-corrected chi connectivity index (χ3v) is 3.11. The van der Waals surface area contributed by atoms with Crippen LogP contribution in [0.25, 0.3) is 0 Å². The Kier molecular flexibility index (Phi) is 3.27. The summed E-state index contributed by atoms with van der Waals surface area (Å²) in [7, 11) is 0. The number of hydrogen-bond donors (Lipinski definition) is 0. The van der Waals surface area contributed by atoms with Crippen molar-refractivity contribution in [1.82, 2.24) is 0 Å². The second-order valence-corrected chi connectivity index (χ2v) is 4.44. The molecular weight excluding hydrogens is 216 g/mol. The highest BCUT2D eigenvalue weighted by Gasteiger charge is 2.46. The van der Waals surface area contributed by atoms with Crippen molar-refractivity contribution in [1.29, 1.82) is 0 Å². The molecule has 1 saturated carbocycles. The molecule has 3 nitrogen and oxygen atoms in total. The zero-order chi connectivity index (χ0) is 12.4. The van der Waals surface area contributed by atoms with Crippen molar-refractivity contribution >= 4 is 11.8 Å². The number of carbonyl (C=O) groups excluding carboxylic acids is 2. The molecule has 0 N–H and O–H groups in total. The van der Waals surface area contributed by atoms with E-state index in [4.69, 9.17) is 4.74 Å². The zero-order valence-electron chi connectivity index (χ0n) is 10.1. The highest BCUT2D eigenvalue weighted by molar-refractivity contribution is 6.35. The number of hydrogen-bond acceptors (Lipinski definition) is 3. The molecule has 2 atom stereocenters. The fraction of sp³-hybridized carbons (Fsp3) is 0.429. The van der Waals surface area contributed by atoms with Crippen molar-refractivity contribution in [3.8, 4) is 0 Å². The highest BCUT2D eigenvalue weighted by atomic mass is 16.5. The number of ketones is 1. The van der Waals surface area contributed by atoms with Gasteiger partial charge in [0, 0.05) is 5.92 Å². The topological polar surface area (TPSA) is 43.4 Å². The van der Waals surface area contributed by atoms with E-state index in [0.29, 0.717) is 0 Å². The molecular formula is C14H16O3. The van der Waals surface area contributed by atoms with Crippen LogP contribution in [0.3, 0.4) is 0 Å². The maximum absolute atomic E-state index is 11.7. The molecule has 1 unspecified atom stereocenters. The zero-order valence-corrected chi connectivity index (χ0v) is 10.1. The van der Waals surface area contributed by atoms with Crippen molar-refractivity contribution < 1.29 is 14.3 Å². The van der Waals surface area contributed by atoms with Gasteiger partial charge in [-0.3, -0.25) is 4.79 Å². The molecule has 1 aromatic carbocycles. The van der Waals surface area contributed by atoms with Crippen LogP contribution in [0.2, 0.25) is 0 Å². The van der Waals surface area contributed by atoms with Crippen LogP contribution in [0.1, 0.15) is 30.4 Å². The Morgan fingerprint density at radius 2 is 1.94 bits per heavy atom. The maximum Gasteiger partial charge on any atom is 0.374 e. The van der Waals surface area contributed by atoms with Crippen molar-refractivity contribution in [3.63, 3.8) is 0 Å². The summed E-state index contributed by atoms with van der Waals surface area (Å²) in [5, 5.41) is 0. The predicted molar refractivity (Wildman–Crippen MR) is 63.7 cm³/mol. The Hall–Kier alpha value is -1.64.